The summed E-state index contributed by atoms with van der Waals surface area (Å²) in [7, 11) is 1.53. The van der Waals surface area contributed by atoms with Crippen molar-refractivity contribution in [1.29, 1.82) is 5.53 Å². The van der Waals surface area contributed by atoms with Crippen molar-refractivity contribution in [1.82, 2.24) is 15.2 Å². The van der Waals surface area contributed by atoms with E-state index in [4.69, 9.17) is 10.3 Å². The lowest BCUT2D eigenvalue weighted by atomic mass is 10.2. The maximum atomic E-state index is 11.6. The minimum absolute atomic E-state index is 0.0378. The van der Waals surface area contributed by atoms with Gasteiger partial charge in [0, 0.05) is 7.05 Å². The third kappa shape index (κ3) is 4.23. The predicted octanol–water partition coefficient (Wildman–Crippen LogP) is 2.11. The number of azo groups is 1. The standard InChI is InChI=1S/C10H15N7O3/c1-10(2,3)20-9(19)15-13-7-6(5-12-17(7)4)8(18)14-16-11/h5H,1-4H3,(H2,11,14,18). The molecule has 0 atom stereocenters. The topological polar surface area (TPSA) is 134 Å². The van der Waals surface area contributed by atoms with Crippen molar-refractivity contribution in [2.75, 3.05) is 0 Å². The van der Waals surface area contributed by atoms with Crippen LogP contribution in [-0.4, -0.2) is 27.4 Å². The molecule has 108 valence electrons. The summed E-state index contributed by atoms with van der Waals surface area (Å²) in [6, 6.07) is 0. The van der Waals surface area contributed by atoms with Crippen molar-refractivity contribution in [2.24, 2.45) is 22.5 Å². The lowest BCUT2D eigenvalue weighted by Gasteiger charge is -2.16. The fourth-order valence-electron chi connectivity index (χ4n) is 1.19. The molecule has 1 aromatic heterocycles. The van der Waals surface area contributed by atoms with Gasteiger partial charge in [-0.25, -0.2) is 14.9 Å². The first-order valence-corrected chi connectivity index (χ1v) is 5.58. The Hall–Kier alpha value is -2.65. The van der Waals surface area contributed by atoms with Crippen LogP contribution < -0.4 is 5.43 Å². The van der Waals surface area contributed by atoms with E-state index in [9.17, 15) is 9.59 Å². The molecule has 0 unspecified atom stereocenters. The molecule has 0 bridgehead atoms. The molecular weight excluding hydrogens is 266 g/mol. The highest BCUT2D eigenvalue weighted by molar-refractivity contribution is 5.97. The van der Waals surface area contributed by atoms with Crippen molar-refractivity contribution in [3.05, 3.63) is 11.8 Å². The predicted molar refractivity (Wildman–Crippen MR) is 66.6 cm³/mol. The molecule has 0 saturated heterocycles. The SMILES string of the molecule is Cn1ncc(C(=O)NN=N)c1N=NC(=O)OC(C)(C)C. The molecule has 0 saturated carbocycles. The number of nitrogens with zero attached hydrogens (tertiary/aromatic N) is 5. The molecule has 20 heavy (non-hydrogen) atoms. The molecule has 0 aliphatic carbocycles. The van der Waals surface area contributed by atoms with Crippen LogP contribution in [0.25, 0.3) is 0 Å². The smallest absolute Gasteiger partial charge is 0.441 e. The largest absolute Gasteiger partial charge is 0.453 e. The van der Waals surface area contributed by atoms with Crippen LogP contribution in [-0.2, 0) is 11.8 Å². The first-order chi connectivity index (χ1) is 9.24. The van der Waals surface area contributed by atoms with E-state index in [1.807, 2.05) is 5.43 Å². The first-order valence-electron chi connectivity index (χ1n) is 5.58. The number of amides is 2. The van der Waals surface area contributed by atoms with Gasteiger partial charge in [0.25, 0.3) is 5.91 Å². The lowest BCUT2D eigenvalue weighted by Crippen LogP contribution is -2.21. The second-order valence-corrected chi connectivity index (χ2v) is 4.74. The van der Waals surface area contributed by atoms with Crippen LogP contribution in [0.15, 0.2) is 21.6 Å². The Morgan fingerprint density at radius 2 is 2.10 bits per heavy atom. The number of aromatic nitrogens is 2. The second kappa shape index (κ2) is 5.99. The molecular formula is C10H15N7O3. The maximum absolute atomic E-state index is 11.6. The molecule has 0 spiro atoms. The summed E-state index contributed by atoms with van der Waals surface area (Å²) in [6.07, 6.45) is 0.347. The zero-order valence-corrected chi connectivity index (χ0v) is 11.5. The Balaban J connectivity index is 2.92. The van der Waals surface area contributed by atoms with Crippen molar-refractivity contribution in [3.8, 4) is 0 Å². The molecule has 10 heteroatoms. The van der Waals surface area contributed by atoms with Gasteiger partial charge in [-0.15, -0.1) is 5.11 Å². The number of ether oxygens (including phenoxy) is 1. The lowest BCUT2D eigenvalue weighted by molar-refractivity contribution is 0.0591. The van der Waals surface area contributed by atoms with Crippen molar-refractivity contribution in [2.45, 2.75) is 26.4 Å². The highest BCUT2D eigenvalue weighted by Crippen LogP contribution is 2.19. The van der Waals surface area contributed by atoms with E-state index in [1.165, 1.54) is 17.9 Å². The van der Waals surface area contributed by atoms with Gasteiger partial charge in [0.15, 0.2) is 5.82 Å². The van der Waals surface area contributed by atoms with Gasteiger partial charge in [0.2, 0.25) is 0 Å². The van der Waals surface area contributed by atoms with E-state index in [-0.39, 0.29) is 11.4 Å². The molecule has 10 nitrogen and oxygen atoms in total. The summed E-state index contributed by atoms with van der Waals surface area (Å²) in [5.41, 5.74) is 7.84. The Morgan fingerprint density at radius 3 is 2.65 bits per heavy atom. The van der Waals surface area contributed by atoms with Crippen LogP contribution >= 0.6 is 0 Å². The van der Waals surface area contributed by atoms with E-state index in [0.717, 1.165) is 0 Å². The number of carbonyl (C=O) groups is 2. The van der Waals surface area contributed by atoms with E-state index >= 15 is 0 Å². The normalized spacial score (nSPS) is 11.4. The van der Waals surface area contributed by atoms with Gasteiger partial charge in [-0.2, -0.15) is 10.6 Å². The average Bonchev–Trinajstić information content (AvgIpc) is 2.66. The van der Waals surface area contributed by atoms with Crippen LogP contribution in [0.5, 0.6) is 0 Å². The Bertz CT molecular complexity index is 556. The molecule has 0 aromatic carbocycles. The summed E-state index contributed by atoms with van der Waals surface area (Å²) in [6.45, 7) is 5.08. The van der Waals surface area contributed by atoms with E-state index in [1.54, 1.807) is 20.8 Å². The molecule has 1 aromatic rings. The van der Waals surface area contributed by atoms with Crippen LogP contribution in [0, 0.1) is 5.53 Å². The Labute approximate surface area is 114 Å². The number of carbonyl (C=O) groups excluding carboxylic acids is 2. The zero-order valence-electron chi connectivity index (χ0n) is 11.5. The van der Waals surface area contributed by atoms with Gasteiger partial charge in [0.05, 0.1) is 6.20 Å². The maximum Gasteiger partial charge on any atom is 0.453 e. The first kappa shape index (κ1) is 15.4. The molecule has 2 N–H and O–H groups in total. The summed E-state index contributed by atoms with van der Waals surface area (Å²) < 4.78 is 6.20. The zero-order chi connectivity index (χ0) is 15.3. The minimum Gasteiger partial charge on any atom is -0.441 e. The molecule has 1 rings (SSSR count). The van der Waals surface area contributed by atoms with Gasteiger partial charge in [0.1, 0.15) is 11.2 Å². The van der Waals surface area contributed by atoms with Crippen molar-refractivity contribution in [3.63, 3.8) is 0 Å². The van der Waals surface area contributed by atoms with Gasteiger partial charge >= 0.3 is 6.09 Å². The third-order valence-corrected chi connectivity index (χ3v) is 1.93. The highest BCUT2D eigenvalue weighted by Gasteiger charge is 2.18. The fourth-order valence-corrected chi connectivity index (χ4v) is 1.19. The minimum atomic E-state index is -0.879. The summed E-state index contributed by atoms with van der Waals surface area (Å²) in [4.78, 5) is 23.0. The van der Waals surface area contributed by atoms with Crippen molar-refractivity contribution < 1.29 is 14.3 Å². The number of hydrogen-bond acceptors (Lipinski definition) is 7. The second-order valence-electron chi connectivity index (χ2n) is 4.74. The van der Waals surface area contributed by atoms with Crippen LogP contribution in [0.1, 0.15) is 31.1 Å². The number of hydrogen-bond donors (Lipinski definition) is 2. The summed E-state index contributed by atoms with van der Waals surface area (Å²) in [5.74, 6) is -0.622. The van der Waals surface area contributed by atoms with Gasteiger partial charge < -0.3 is 4.74 Å². The molecule has 0 aliphatic heterocycles. The van der Waals surface area contributed by atoms with Crippen LogP contribution in [0.2, 0.25) is 0 Å². The van der Waals surface area contributed by atoms with Gasteiger partial charge in [-0.05, 0) is 20.8 Å². The fraction of sp³-hybridized carbons (Fsp3) is 0.500. The summed E-state index contributed by atoms with van der Waals surface area (Å²) in [5, 5.41) is 13.6. The molecule has 0 fully saturated rings. The number of rotatable bonds is 3. The highest BCUT2D eigenvalue weighted by atomic mass is 16.6. The molecule has 2 amide bonds. The monoisotopic (exact) mass is 281 g/mol. The average molecular weight is 281 g/mol. The van der Waals surface area contributed by atoms with E-state index in [0.29, 0.717) is 0 Å². The number of nitrogens with one attached hydrogen (secondary N) is 2. The third-order valence-electron chi connectivity index (χ3n) is 1.93. The van der Waals surface area contributed by atoms with Crippen LogP contribution in [0.3, 0.4) is 0 Å². The van der Waals surface area contributed by atoms with E-state index < -0.39 is 17.6 Å². The molecule has 1 heterocycles. The van der Waals surface area contributed by atoms with Gasteiger partial charge in [-0.1, -0.05) is 10.3 Å². The number of aryl methyl sites for hydroxylation is 1. The van der Waals surface area contributed by atoms with E-state index in [2.05, 4.69) is 20.6 Å². The molecule has 0 radical (unpaired) electrons. The van der Waals surface area contributed by atoms with Gasteiger partial charge in [-0.3, -0.25) is 4.79 Å². The quantitative estimate of drug-likeness (QED) is 0.647. The molecule has 0 aliphatic rings. The van der Waals surface area contributed by atoms with Crippen LogP contribution in [0.4, 0.5) is 10.6 Å². The van der Waals surface area contributed by atoms with Crippen molar-refractivity contribution >= 4 is 17.8 Å². The Morgan fingerprint density at radius 1 is 1.45 bits per heavy atom. The summed E-state index contributed by atoms with van der Waals surface area (Å²) >= 11 is 0. The Kier molecular flexibility index (Phi) is 4.62.